The number of rotatable bonds is 6. The molecule has 2 N–H and O–H groups in total. The molecule has 1 amide bonds. The molecule has 1 aromatic heterocycles. The van der Waals surface area contributed by atoms with Crippen molar-refractivity contribution in [3.05, 3.63) is 30.1 Å². The number of aromatic amines is 1. The lowest BCUT2D eigenvalue weighted by Crippen LogP contribution is -2.22. The molecule has 6 nitrogen and oxygen atoms in total. The minimum Gasteiger partial charge on any atom is -0.495 e. The van der Waals surface area contributed by atoms with Crippen LogP contribution >= 0.6 is 11.8 Å². The Hall–Kier alpha value is -2.02. The van der Waals surface area contributed by atoms with Crippen molar-refractivity contribution in [1.29, 1.82) is 0 Å². The summed E-state index contributed by atoms with van der Waals surface area (Å²) in [6.07, 6.45) is 2.34. The van der Waals surface area contributed by atoms with Gasteiger partial charge in [-0.1, -0.05) is 23.9 Å². The summed E-state index contributed by atoms with van der Waals surface area (Å²) in [7, 11) is 1.58. The van der Waals surface area contributed by atoms with Crippen LogP contribution in [0.25, 0.3) is 0 Å². The Morgan fingerprint density at radius 1 is 1.45 bits per heavy atom. The van der Waals surface area contributed by atoms with Gasteiger partial charge in [0.1, 0.15) is 11.6 Å². The van der Waals surface area contributed by atoms with Gasteiger partial charge in [-0.3, -0.25) is 9.89 Å². The minimum atomic E-state index is -0.298. The molecule has 7 heteroatoms. The predicted molar refractivity (Wildman–Crippen MR) is 85.3 cm³/mol. The van der Waals surface area contributed by atoms with Crippen LogP contribution in [0.1, 0.15) is 31.5 Å². The number of carbonyl (C=O) groups is 1. The van der Waals surface area contributed by atoms with Gasteiger partial charge >= 0.3 is 0 Å². The average molecular weight is 318 g/mol. The fourth-order valence-electron chi connectivity index (χ4n) is 2.04. The second-order valence-corrected chi connectivity index (χ2v) is 6.54. The SMILES string of the molecule is COc1ccccc1NC(=O)[C@@H](C)Sc1n[nH]c(C2CC2)n1. The monoisotopic (exact) mass is 318 g/mol. The number of aromatic nitrogens is 3. The lowest BCUT2D eigenvalue weighted by Gasteiger charge is -2.12. The summed E-state index contributed by atoms with van der Waals surface area (Å²) < 4.78 is 5.23. The van der Waals surface area contributed by atoms with Gasteiger partial charge in [-0.15, -0.1) is 5.10 Å². The third-order valence-electron chi connectivity index (χ3n) is 3.46. The Kier molecular flexibility index (Phi) is 4.33. The number of para-hydroxylation sites is 2. The highest BCUT2D eigenvalue weighted by Gasteiger charge is 2.28. The topological polar surface area (TPSA) is 79.9 Å². The number of ether oxygens (including phenoxy) is 1. The summed E-state index contributed by atoms with van der Waals surface area (Å²) in [5, 5.41) is 10.3. The predicted octanol–water partition coefficient (Wildman–Crippen LogP) is 2.81. The zero-order valence-electron chi connectivity index (χ0n) is 12.5. The summed E-state index contributed by atoms with van der Waals surface area (Å²) in [5.41, 5.74) is 0.663. The molecule has 116 valence electrons. The quantitative estimate of drug-likeness (QED) is 0.801. The molecule has 3 rings (SSSR count). The van der Waals surface area contributed by atoms with Crippen molar-refractivity contribution < 1.29 is 9.53 Å². The van der Waals surface area contributed by atoms with Crippen molar-refractivity contribution in [3.8, 4) is 5.75 Å². The van der Waals surface area contributed by atoms with E-state index in [0.29, 0.717) is 22.5 Å². The maximum Gasteiger partial charge on any atom is 0.237 e. The maximum atomic E-state index is 12.3. The highest BCUT2D eigenvalue weighted by molar-refractivity contribution is 8.00. The van der Waals surface area contributed by atoms with Crippen molar-refractivity contribution in [2.45, 2.75) is 36.1 Å². The van der Waals surface area contributed by atoms with Crippen LogP contribution in [0.5, 0.6) is 5.75 Å². The highest BCUT2D eigenvalue weighted by Crippen LogP contribution is 2.38. The number of methoxy groups -OCH3 is 1. The number of benzene rings is 1. The molecule has 1 aromatic carbocycles. The fraction of sp³-hybridized carbons (Fsp3) is 0.400. The van der Waals surface area contributed by atoms with Crippen LogP contribution in [0.3, 0.4) is 0 Å². The van der Waals surface area contributed by atoms with Gasteiger partial charge in [0.2, 0.25) is 11.1 Å². The van der Waals surface area contributed by atoms with Gasteiger partial charge in [0, 0.05) is 5.92 Å². The molecule has 0 unspecified atom stereocenters. The Morgan fingerprint density at radius 2 is 2.23 bits per heavy atom. The van der Waals surface area contributed by atoms with Crippen LogP contribution in [-0.2, 0) is 4.79 Å². The van der Waals surface area contributed by atoms with E-state index >= 15 is 0 Å². The van der Waals surface area contributed by atoms with Gasteiger partial charge in [0.15, 0.2) is 0 Å². The van der Waals surface area contributed by atoms with E-state index in [1.807, 2.05) is 31.2 Å². The molecule has 1 saturated carbocycles. The van der Waals surface area contributed by atoms with Crippen molar-refractivity contribution in [3.63, 3.8) is 0 Å². The number of H-pyrrole nitrogens is 1. The van der Waals surface area contributed by atoms with E-state index in [1.165, 1.54) is 24.6 Å². The summed E-state index contributed by atoms with van der Waals surface area (Å²) in [4.78, 5) is 16.7. The average Bonchev–Trinajstić information content (AvgIpc) is 3.28. The Labute approximate surface area is 133 Å². The zero-order valence-corrected chi connectivity index (χ0v) is 13.3. The molecular formula is C15H18N4O2S. The highest BCUT2D eigenvalue weighted by atomic mass is 32.2. The first-order chi connectivity index (χ1) is 10.7. The molecule has 0 aliphatic heterocycles. The van der Waals surface area contributed by atoms with Crippen LogP contribution in [0.4, 0.5) is 5.69 Å². The molecule has 1 heterocycles. The van der Waals surface area contributed by atoms with Crippen LogP contribution in [-0.4, -0.2) is 33.4 Å². The second-order valence-electron chi connectivity index (χ2n) is 5.23. The fourth-order valence-corrected chi connectivity index (χ4v) is 2.78. The number of nitrogens with one attached hydrogen (secondary N) is 2. The van der Waals surface area contributed by atoms with Gasteiger partial charge in [-0.05, 0) is 31.9 Å². The second kappa shape index (κ2) is 6.39. The largest absolute Gasteiger partial charge is 0.495 e. The van der Waals surface area contributed by atoms with Crippen molar-refractivity contribution in [2.24, 2.45) is 0 Å². The summed E-state index contributed by atoms with van der Waals surface area (Å²) in [6.45, 7) is 1.84. The minimum absolute atomic E-state index is 0.104. The van der Waals surface area contributed by atoms with Crippen LogP contribution in [0, 0.1) is 0 Å². The van der Waals surface area contributed by atoms with Crippen LogP contribution in [0.2, 0.25) is 0 Å². The van der Waals surface area contributed by atoms with Gasteiger partial charge in [0.05, 0.1) is 18.0 Å². The molecule has 1 atom stereocenters. The maximum absolute atomic E-state index is 12.3. The molecule has 0 radical (unpaired) electrons. The Morgan fingerprint density at radius 3 is 2.95 bits per heavy atom. The number of thioether (sulfide) groups is 1. The summed E-state index contributed by atoms with van der Waals surface area (Å²) in [6, 6.07) is 7.34. The molecule has 1 fully saturated rings. The number of nitrogens with zero attached hydrogens (tertiary/aromatic N) is 2. The van der Waals surface area contributed by atoms with E-state index in [0.717, 1.165) is 5.82 Å². The zero-order chi connectivity index (χ0) is 15.5. The normalized spacial score (nSPS) is 15.4. The van der Waals surface area contributed by atoms with Crippen molar-refractivity contribution in [2.75, 3.05) is 12.4 Å². The molecule has 1 aliphatic rings. The standard InChI is InChI=1S/C15H18N4O2S/c1-9(22-15-17-13(18-19-15)10-7-8-10)14(20)16-11-5-3-4-6-12(11)21-2/h3-6,9-10H,7-8H2,1-2H3,(H,16,20)(H,17,18,19)/t9-/m1/s1. The van der Waals surface area contributed by atoms with Gasteiger partial charge in [-0.2, -0.15) is 0 Å². The van der Waals surface area contributed by atoms with Gasteiger partial charge < -0.3 is 10.1 Å². The third kappa shape index (κ3) is 3.41. The Bertz CT molecular complexity index is 669. The number of anilines is 1. The lowest BCUT2D eigenvalue weighted by molar-refractivity contribution is -0.115. The van der Waals surface area contributed by atoms with Gasteiger partial charge in [0.25, 0.3) is 0 Å². The van der Waals surface area contributed by atoms with Crippen LogP contribution < -0.4 is 10.1 Å². The molecule has 22 heavy (non-hydrogen) atoms. The van der Waals surface area contributed by atoms with Gasteiger partial charge in [-0.25, -0.2) is 4.98 Å². The van der Waals surface area contributed by atoms with E-state index in [4.69, 9.17) is 4.74 Å². The number of carbonyl (C=O) groups excluding carboxylic acids is 1. The summed E-state index contributed by atoms with van der Waals surface area (Å²) >= 11 is 1.34. The lowest BCUT2D eigenvalue weighted by atomic mass is 10.3. The van der Waals surface area contributed by atoms with Crippen molar-refractivity contribution in [1.82, 2.24) is 15.2 Å². The van der Waals surface area contributed by atoms with E-state index in [2.05, 4.69) is 20.5 Å². The number of hydrogen-bond acceptors (Lipinski definition) is 5. The Balaban J connectivity index is 1.61. The van der Waals surface area contributed by atoms with E-state index in [-0.39, 0.29) is 11.2 Å². The smallest absolute Gasteiger partial charge is 0.237 e. The molecule has 0 saturated heterocycles. The molecule has 0 spiro atoms. The summed E-state index contributed by atoms with van der Waals surface area (Å²) in [5.74, 6) is 1.99. The van der Waals surface area contributed by atoms with E-state index in [9.17, 15) is 4.79 Å². The molecular weight excluding hydrogens is 300 g/mol. The van der Waals surface area contributed by atoms with E-state index in [1.54, 1.807) is 7.11 Å². The number of hydrogen-bond donors (Lipinski definition) is 2. The first-order valence-corrected chi connectivity index (χ1v) is 8.08. The van der Waals surface area contributed by atoms with Crippen LogP contribution in [0.15, 0.2) is 29.4 Å². The molecule has 2 aromatic rings. The first kappa shape index (κ1) is 14.9. The van der Waals surface area contributed by atoms with E-state index < -0.39 is 0 Å². The molecule has 1 aliphatic carbocycles. The number of amides is 1. The first-order valence-electron chi connectivity index (χ1n) is 7.20. The third-order valence-corrected chi connectivity index (χ3v) is 4.42. The molecule has 0 bridgehead atoms. The van der Waals surface area contributed by atoms with Crippen molar-refractivity contribution >= 4 is 23.4 Å².